The van der Waals surface area contributed by atoms with Crippen molar-refractivity contribution in [3.05, 3.63) is 48.3 Å². The molecule has 0 spiro atoms. The van der Waals surface area contributed by atoms with Crippen LogP contribution in [0.2, 0.25) is 0 Å². The Morgan fingerprint density at radius 2 is 2.00 bits per heavy atom. The predicted molar refractivity (Wildman–Crippen MR) is 67.9 cm³/mol. The molecule has 0 aliphatic carbocycles. The molecule has 0 radical (unpaired) electrons. The zero-order chi connectivity index (χ0) is 12.3. The largest absolute Gasteiger partial charge is 0.497 e. The van der Waals surface area contributed by atoms with Crippen LogP contribution in [0.5, 0.6) is 5.75 Å². The number of nitrogen functional groups attached to an aromatic ring is 1. The van der Waals surface area contributed by atoms with Gasteiger partial charge in [0.1, 0.15) is 11.6 Å². The quantitative estimate of drug-likeness (QED) is 0.845. The van der Waals surface area contributed by atoms with Crippen LogP contribution in [0.4, 0.5) is 10.1 Å². The lowest BCUT2D eigenvalue weighted by atomic mass is 10.3. The molecular formula is C13H12FNOS. The number of halogens is 1. The van der Waals surface area contributed by atoms with E-state index in [4.69, 9.17) is 10.5 Å². The van der Waals surface area contributed by atoms with Gasteiger partial charge in [-0.25, -0.2) is 4.39 Å². The average molecular weight is 249 g/mol. The van der Waals surface area contributed by atoms with E-state index in [0.29, 0.717) is 5.69 Å². The fraction of sp³-hybridized carbons (Fsp3) is 0.0769. The third kappa shape index (κ3) is 2.91. The Balaban J connectivity index is 2.25. The lowest BCUT2D eigenvalue weighted by Crippen LogP contribution is -1.89. The molecule has 0 aliphatic heterocycles. The summed E-state index contributed by atoms with van der Waals surface area (Å²) in [4.78, 5) is 1.84. The van der Waals surface area contributed by atoms with Crippen molar-refractivity contribution >= 4 is 17.4 Å². The summed E-state index contributed by atoms with van der Waals surface area (Å²) in [6.07, 6.45) is 0. The van der Waals surface area contributed by atoms with Gasteiger partial charge < -0.3 is 10.5 Å². The normalized spacial score (nSPS) is 10.2. The first kappa shape index (κ1) is 11.8. The van der Waals surface area contributed by atoms with Crippen molar-refractivity contribution in [3.8, 4) is 5.75 Å². The fourth-order valence-electron chi connectivity index (χ4n) is 1.40. The maximum atomic E-state index is 12.9. The number of anilines is 1. The summed E-state index contributed by atoms with van der Waals surface area (Å²) in [6, 6.07) is 12.0. The highest BCUT2D eigenvalue weighted by molar-refractivity contribution is 7.99. The molecule has 2 aromatic rings. The highest BCUT2D eigenvalue weighted by atomic mass is 32.2. The lowest BCUT2D eigenvalue weighted by Gasteiger charge is -2.06. The van der Waals surface area contributed by atoms with Crippen molar-refractivity contribution in [2.45, 2.75) is 9.79 Å². The minimum Gasteiger partial charge on any atom is -0.497 e. The minimum atomic E-state index is -0.322. The molecule has 0 atom stereocenters. The first-order valence-electron chi connectivity index (χ1n) is 5.06. The monoisotopic (exact) mass is 249 g/mol. The summed E-state index contributed by atoms with van der Waals surface area (Å²) in [5.74, 6) is 0.466. The Labute approximate surface area is 104 Å². The van der Waals surface area contributed by atoms with Crippen LogP contribution >= 0.6 is 11.8 Å². The van der Waals surface area contributed by atoms with Gasteiger partial charge in [0.15, 0.2) is 0 Å². The fourth-order valence-corrected chi connectivity index (χ4v) is 2.29. The van der Waals surface area contributed by atoms with Crippen molar-refractivity contribution in [2.75, 3.05) is 12.8 Å². The van der Waals surface area contributed by atoms with Crippen LogP contribution in [0.1, 0.15) is 0 Å². The van der Waals surface area contributed by atoms with Crippen molar-refractivity contribution in [1.29, 1.82) is 0 Å². The Hall–Kier alpha value is -1.68. The molecular weight excluding hydrogens is 237 g/mol. The molecule has 88 valence electrons. The zero-order valence-electron chi connectivity index (χ0n) is 9.31. The van der Waals surface area contributed by atoms with Gasteiger partial charge in [-0.15, -0.1) is 0 Å². The maximum Gasteiger partial charge on any atom is 0.125 e. The van der Waals surface area contributed by atoms with Crippen LogP contribution in [0.25, 0.3) is 0 Å². The Morgan fingerprint density at radius 1 is 1.18 bits per heavy atom. The maximum absolute atomic E-state index is 12.9. The van der Waals surface area contributed by atoms with Gasteiger partial charge in [0.25, 0.3) is 0 Å². The predicted octanol–water partition coefficient (Wildman–Crippen LogP) is 3.57. The van der Waals surface area contributed by atoms with Gasteiger partial charge in [0.05, 0.1) is 7.11 Å². The van der Waals surface area contributed by atoms with Crippen LogP contribution in [0.15, 0.2) is 52.3 Å². The molecule has 0 amide bonds. The molecule has 2 rings (SSSR count). The molecule has 0 saturated carbocycles. The first-order valence-corrected chi connectivity index (χ1v) is 5.87. The van der Waals surface area contributed by atoms with Crippen LogP contribution in [0, 0.1) is 5.82 Å². The summed E-state index contributed by atoms with van der Waals surface area (Å²) < 4.78 is 18.0. The first-order chi connectivity index (χ1) is 8.19. The number of rotatable bonds is 3. The second kappa shape index (κ2) is 5.10. The van der Waals surface area contributed by atoms with Gasteiger partial charge in [-0.1, -0.05) is 17.8 Å². The number of ether oxygens (including phenoxy) is 1. The van der Waals surface area contributed by atoms with Crippen LogP contribution in [-0.2, 0) is 0 Å². The molecule has 0 saturated heterocycles. The van der Waals surface area contributed by atoms with Crippen molar-refractivity contribution in [1.82, 2.24) is 0 Å². The zero-order valence-corrected chi connectivity index (χ0v) is 10.1. The van der Waals surface area contributed by atoms with E-state index in [1.54, 1.807) is 13.2 Å². The molecule has 17 heavy (non-hydrogen) atoms. The van der Waals surface area contributed by atoms with E-state index < -0.39 is 0 Å². The second-order valence-electron chi connectivity index (χ2n) is 3.46. The highest BCUT2D eigenvalue weighted by Gasteiger charge is 2.04. The number of hydrogen-bond donors (Lipinski definition) is 1. The van der Waals surface area contributed by atoms with Crippen molar-refractivity contribution in [2.24, 2.45) is 0 Å². The Morgan fingerprint density at radius 3 is 2.71 bits per heavy atom. The molecule has 0 aromatic heterocycles. The molecule has 0 heterocycles. The van der Waals surface area contributed by atoms with Crippen LogP contribution in [-0.4, -0.2) is 7.11 Å². The van der Waals surface area contributed by atoms with E-state index in [1.807, 2.05) is 24.3 Å². The number of methoxy groups -OCH3 is 1. The summed E-state index contributed by atoms with van der Waals surface area (Å²) in [7, 11) is 1.62. The molecule has 2 nitrogen and oxygen atoms in total. The van der Waals surface area contributed by atoms with Gasteiger partial charge >= 0.3 is 0 Å². The van der Waals surface area contributed by atoms with Gasteiger partial charge in [-0.2, -0.15) is 0 Å². The summed E-state index contributed by atoms with van der Waals surface area (Å²) >= 11 is 1.48. The Kier molecular flexibility index (Phi) is 3.54. The van der Waals surface area contributed by atoms with E-state index >= 15 is 0 Å². The summed E-state index contributed by atoms with van der Waals surface area (Å²) in [5, 5.41) is 0. The molecule has 0 bridgehead atoms. The lowest BCUT2D eigenvalue weighted by molar-refractivity contribution is 0.413. The highest BCUT2D eigenvalue weighted by Crippen LogP contribution is 2.33. The SMILES string of the molecule is COc1cccc(Sc2ccc(F)cc2N)c1. The van der Waals surface area contributed by atoms with E-state index in [-0.39, 0.29) is 5.82 Å². The molecule has 0 fully saturated rings. The molecule has 0 unspecified atom stereocenters. The van der Waals surface area contributed by atoms with Gasteiger partial charge in [-0.3, -0.25) is 0 Å². The van der Waals surface area contributed by atoms with Crippen LogP contribution in [0.3, 0.4) is 0 Å². The standard InChI is InChI=1S/C13H12FNOS/c1-16-10-3-2-4-11(8-10)17-13-6-5-9(14)7-12(13)15/h2-8H,15H2,1H3. The average Bonchev–Trinajstić information content (AvgIpc) is 2.33. The summed E-state index contributed by atoms with van der Waals surface area (Å²) in [5.41, 5.74) is 6.19. The summed E-state index contributed by atoms with van der Waals surface area (Å²) in [6.45, 7) is 0. The van der Waals surface area contributed by atoms with Crippen LogP contribution < -0.4 is 10.5 Å². The van der Waals surface area contributed by atoms with Gasteiger partial charge in [0, 0.05) is 15.5 Å². The Bertz CT molecular complexity index is 531. The van der Waals surface area contributed by atoms with E-state index in [0.717, 1.165) is 15.5 Å². The topological polar surface area (TPSA) is 35.2 Å². The van der Waals surface area contributed by atoms with E-state index in [1.165, 1.54) is 23.9 Å². The number of hydrogen-bond acceptors (Lipinski definition) is 3. The number of benzene rings is 2. The third-order valence-electron chi connectivity index (χ3n) is 2.24. The van der Waals surface area contributed by atoms with Gasteiger partial charge in [-0.05, 0) is 36.4 Å². The smallest absolute Gasteiger partial charge is 0.125 e. The van der Waals surface area contributed by atoms with Gasteiger partial charge in [0.2, 0.25) is 0 Å². The molecule has 0 aliphatic rings. The number of nitrogens with two attached hydrogens (primary N) is 1. The minimum absolute atomic E-state index is 0.322. The third-order valence-corrected chi connectivity index (χ3v) is 3.32. The molecule has 2 aromatic carbocycles. The van der Waals surface area contributed by atoms with E-state index in [2.05, 4.69) is 0 Å². The van der Waals surface area contributed by atoms with E-state index in [9.17, 15) is 4.39 Å². The molecule has 4 heteroatoms. The second-order valence-corrected chi connectivity index (χ2v) is 4.58. The molecule has 2 N–H and O–H groups in total. The van der Waals surface area contributed by atoms with Crippen molar-refractivity contribution in [3.63, 3.8) is 0 Å². The van der Waals surface area contributed by atoms with Crippen molar-refractivity contribution < 1.29 is 9.13 Å².